The van der Waals surface area contributed by atoms with E-state index in [0.29, 0.717) is 47.5 Å². The molecule has 0 fully saturated rings. The molecule has 0 spiro atoms. The second-order valence-electron chi connectivity index (χ2n) is 5.63. The quantitative estimate of drug-likeness (QED) is 0.671. The maximum absolute atomic E-state index is 12.8. The summed E-state index contributed by atoms with van der Waals surface area (Å²) >= 11 is 0. The van der Waals surface area contributed by atoms with Crippen molar-refractivity contribution in [1.82, 2.24) is 4.90 Å². The van der Waals surface area contributed by atoms with E-state index in [0.717, 1.165) is 0 Å². The molecule has 146 valence electrons. The fourth-order valence-corrected chi connectivity index (χ4v) is 2.53. The lowest BCUT2D eigenvalue weighted by atomic mass is 10.1. The predicted octanol–water partition coefficient (Wildman–Crippen LogP) is 2.87. The molecule has 2 aromatic carbocycles. The van der Waals surface area contributed by atoms with Gasteiger partial charge in [-0.15, -0.1) is 0 Å². The fraction of sp³-hybridized carbons (Fsp3) is 0.350. The van der Waals surface area contributed by atoms with Crippen molar-refractivity contribution in [1.29, 1.82) is 0 Å². The average molecular weight is 375 g/mol. The number of methoxy groups -OCH3 is 4. The number of hydrogen-bond acceptors (Lipinski definition) is 6. The van der Waals surface area contributed by atoms with Gasteiger partial charge in [0, 0.05) is 19.2 Å². The van der Waals surface area contributed by atoms with E-state index in [9.17, 15) is 4.79 Å². The van der Waals surface area contributed by atoms with Gasteiger partial charge in [0.1, 0.15) is 12.4 Å². The molecule has 7 nitrogen and oxygen atoms in total. The Morgan fingerprint density at radius 2 is 1.37 bits per heavy atom. The minimum Gasteiger partial charge on any atom is -0.496 e. The Hall–Kier alpha value is -3.09. The Morgan fingerprint density at radius 3 is 1.96 bits per heavy atom. The number of amides is 1. The Balaban J connectivity index is 2.08. The van der Waals surface area contributed by atoms with Crippen LogP contribution in [0.25, 0.3) is 0 Å². The van der Waals surface area contributed by atoms with Crippen molar-refractivity contribution in [3.63, 3.8) is 0 Å². The summed E-state index contributed by atoms with van der Waals surface area (Å²) in [5.74, 6) is 2.43. The summed E-state index contributed by atoms with van der Waals surface area (Å²) in [4.78, 5) is 14.4. The third kappa shape index (κ3) is 4.75. The minimum atomic E-state index is -0.212. The standard InChI is InChI=1S/C20H25NO6/c1-21(10-11-27-16-9-7-6-8-15(16)23-2)20(22)14-12-18(25-4)19(26-5)13-17(14)24-3/h6-9,12-13H,10-11H2,1-5H3. The van der Waals surface area contributed by atoms with E-state index in [1.807, 2.05) is 24.3 Å². The molecule has 27 heavy (non-hydrogen) atoms. The van der Waals surface area contributed by atoms with Gasteiger partial charge in [0.25, 0.3) is 5.91 Å². The lowest BCUT2D eigenvalue weighted by Crippen LogP contribution is -2.31. The average Bonchev–Trinajstić information content (AvgIpc) is 2.72. The molecule has 1 amide bonds. The zero-order valence-electron chi connectivity index (χ0n) is 16.3. The summed E-state index contributed by atoms with van der Waals surface area (Å²) in [5.41, 5.74) is 0.384. The van der Waals surface area contributed by atoms with Crippen LogP contribution >= 0.6 is 0 Å². The summed E-state index contributed by atoms with van der Waals surface area (Å²) in [6, 6.07) is 10.6. The first-order chi connectivity index (χ1) is 13.0. The Bertz CT molecular complexity index is 777. The summed E-state index contributed by atoms with van der Waals surface area (Å²) < 4.78 is 26.8. The molecular weight excluding hydrogens is 350 g/mol. The molecule has 0 atom stereocenters. The molecule has 0 aliphatic carbocycles. The Morgan fingerprint density at radius 1 is 0.815 bits per heavy atom. The van der Waals surface area contributed by atoms with Crippen LogP contribution in [0.15, 0.2) is 36.4 Å². The molecule has 0 heterocycles. The van der Waals surface area contributed by atoms with Crippen molar-refractivity contribution in [2.75, 3.05) is 48.6 Å². The van der Waals surface area contributed by atoms with Crippen LogP contribution in [-0.2, 0) is 0 Å². The molecule has 0 aromatic heterocycles. The molecule has 0 N–H and O–H groups in total. The highest BCUT2D eigenvalue weighted by molar-refractivity contribution is 5.97. The first-order valence-corrected chi connectivity index (χ1v) is 8.37. The first-order valence-electron chi connectivity index (χ1n) is 8.37. The van der Waals surface area contributed by atoms with Crippen LogP contribution in [0.2, 0.25) is 0 Å². The van der Waals surface area contributed by atoms with Crippen LogP contribution in [0.3, 0.4) is 0 Å². The summed E-state index contributed by atoms with van der Waals surface area (Å²) in [6.45, 7) is 0.701. The van der Waals surface area contributed by atoms with Crippen LogP contribution < -0.4 is 23.7 Å². The van der Waals surface area contributed by atoms with E-state index in [2.05, 4.69) is 0 Å². The molecule has 2 aromatic rings. The van der Waals surface area contributed by atoms with Gasteiger partial charge in [-0.1, -0.05) is 12.1 Å². The highest BCUT2D eigenvalue weighted by atomic mass is 16.5. The third-order valence-corrected chi connectivity index (χ3v) is 4.04. The highest BCUT2D eigenvalue weighted by Crippen LogP contribution is 2.35. The number of para-hydroxylation sites is 2. The largest absolute Gasteiger partial charge is 0.496 e. The van der Waals surface area contributed by atoms with Crippen LogP contribution in [0.5, 0.6) is 28.7 Å². The topological polar surface area (TPSA) is 66.5 Å². The third-order valence-electron chi connectivity index (χ3n) is 4.04. The van der Waals surface area contributed by atoms with Crippen molar-refractivity contribution in [3.05, 3.63) is 42.0 Å². The number of ether oxygens (including phenoxy) is 5. The van der Waals surface area contributed by atoms with Gasteiger partial charge in [0.2, 0.25) is 0 Å². The van der Waals surface area contributed by atoms with E-state index in [-0.39, 0.29) is 5.91 Å². The highest BCUT2D eigenvalue weighted by Gasteiger charge is 2.20. The van der Waals surface area contributed by atoms with Crippen LogP contribution in [0.1, 0.15) is 10.4 Å². The van der Waals surface area contributed by atoms with Gasteiger partial charge in [-0.2, -0.15) is 0 Å². The van der Waals surface area contributed by atoms with Gasteiger partial charge in [0.15, 0.2) is 23.0 Å². The molecular formula is C20H25NO6. The molecule has 0 saturated heterocycles. The number of hydrogen-bond donors (Lipinski definition) is 0. The number of rotatable bonds is 9. The molecule has 0 aliphatic heterocycles. The Labute approximate surface area is 159 Å². The van der Waals surface area contributed by atoms with Gasteiger partial charge in [-0.25, -0.2) is 0 Å². The minimum absolute atomic E-state index is 0.212. The number of nitrogens with zero attached hydrogens (tertiary/aromatic N) is 1. The van der Waals surface area contributed by atoms with Gasteiger partial charge >= 0.3 is 0 Å². The van der Waals surface area contributed by atoms with Gasteiger partial charge in [0.05, 0.1) is 40.5 Å². The molecule has 0 aliphatic rings. The summed E-state index contributed by atoms with van der Waals surface area (Å²) in [7, 11) is 7.83. The van der Waals surface area contributed by atoms with Crippen LogP contribution in [-0.4, -0.2) is 59.4 Å². The van der Waals surface area contributed by atoms with Crippen molar-refractivity contribution in [2.45, 2.75) is 0 Å². The summed E-state index contributed by atoms with van der Waals surface area (Å²) in [6.07, 6.45) is 0. The van der Waals surface area contributed by atoms with Crippen LogP contribution in [0, 0.1) is 0 Å². The number of carbonyl (C=O) groups is 1. The second kappa shape index (κ2) is 9.56. The molecule has 0 saturated carbocycles. The van der Waals surface area contributed by atoms with Crippen molar-refractivity contribution in [3.8, 4) is 28.7 Å². The Kier molecular flexibility index (Phi) is 7.16. The van der Waals surface area contributed by atoms with Crippen molar-refractivity contribution < 1.29 is 28.5 Å². The van der Waals surface area contributed by atoms with E-state index in [4.69, 9.17) is 23.7 Å². The maximum atomic E-state index is 12.8. The fourth-order valence-electron chi connectivity index (χ4n) is 2.53. The lowest BCUT2D eigenvalue weighted by molar-refractivity contribution is 0.0769. The normalized spacial score (nSPS) is 10.1. The molecule has 0 unspecified atom stereocenters. The van der Waals surface area contributed by atoms with Crippen LogP contribution in [0.4, 0.5) is 0 Å². The lowest BCUT2D eigenvalue weighted by Gasteiger charge is -2.20. The number of likely N-dealkylation sites (N-methyl/N-ethyl adjacent to an activating group) is 1. The van der Waals surface area contributed by atoms with E-state index in [1.54, 1.807) is 31.2 Å². The first kappa shape index (κ1) is 20.2. The van der Waals surface area contributed by atoms with E-state index < -0.39 is 0 Å². The molecule has 2 rings (SSSR count). The van der Waals surface area contributed by atoms with E-state index in [1.165, 1.54) is 21.3 Å². The smallest absolute Gasteiger partial charge is 0.257 e. The molecule has 7 heteroatoms. The maximum Gasteiger partial charge on any atom is 0.257 e. The van der Waals surface area contributed by atoms with Gasteiger partial charge < -0.3 is 28.6 Å². The van der Waals surface area contributed by atoms with E-state index >= 15 is 0 Å². The number of carbonyl (C=O) groups excluding carboxylic acids is 1. The SMILES string of the molecule is COc1cc(OC)c(C(=O)N(C)CCOc2ccccc2OC)cc1OC. The van der Waals surface area contributed by atoms with Crippen molar-refractivity contribution in [2.24, 2.45) is 0 Å². The van der Waals surface area contributed by atoms with Crippen molar-refractivity contribution >= 4 is 5.91 Å². The zero-order valence-corrected chi connectivity index (χ0v) is 16.3. The summed E-state index contributed by atoms with van der Waals surface area (Å²) in [5, 5.41) is 0. The number of benzene rings is 2. The van der Waals surface area contributed by atoms with Gasteiger partial charge in [-0.3, -0.25) is 4.79 Å². The molecule has 0 bridgehead atoms. The monoisotopic (exact) mass is 375 g/mol. The predicted molar refractivity (Wildman–Crippen MR) is 102 cm³/mol. The van der Waals surface area contributed by atoms with Gasteiger partial charge in [-0.05, 0) is 12.1 Å². The molecule has 0 radical (unpaired) electrons. The second-order valence-corrected chi connectivity index (χ2v) is 5.63. The zero-order chi connectivity index (χ0) is 19.8.